The van der Waals surface area contributed by atoms with E-state index in [1.165, 1.54) is 32.1 Å². The third kappa shape index (κ3) is 1.77. The van der Waals surface area contributed by atoms with Crippen molar-refractivity contribution in [1.29, 1.82) is 0 Å². The Morgan fingerprint density at radius 2 is 1.81 bits per heavy atom. The van der Waals surface area contributed by atoms with Crippen LogP contribution >= 0.6 is 0 Å². The van der Waals surface area contributed by atoms with Crippen molar-refractivity contribution in [3.8, 4) is 0 Å². The van der Waals surface area contributed by atoms with E-state index in [2.05, 4.69) is 13.8 Å². The molecule has 4 aliphatic rings. The number of fused-ring (bicyclic) bond motifs is 5. The fraction of sp³-hybridized carbons (Fsp3) is 0.947. The summed E-state index contributed by atoms with van der Waals surface area (Å²) in [6, 6.07) is 0. The second-order valence-electron chi connectivity index (χ2n) is 8.96. The molecule has 0 heterocycles. The highest BCUT2D eigenvalue weighted by molar-refractivity contribution is 5.87. The van der Waals surface area contributed by atoms with Gasteiger partial charge >= 0.3 is 0 Å². The van der Waals surface area contributed by atoms with E-state index in [9.17, 15) is 9.90 Å². The van der Waals surface area contributed by atoms with Gasteiger partial charge in [-0.1, -0.05) is 26.7 Å². The molecule has 0 aromatic heterocycles. The summed E-state index contributed by atoms with van der Waals surface area (Å²) < 4.78 is 0. The summed E-state index contributed by atoms with van der Waals surface area (Å²) in [7, 11) is 0. The lowest BCUT2D eigenvalue weighted by molar-refractivity contribution is -0.159. The van der Waals surface area contributed by atoms with Gasteiger partial charge < -0.3 is 5.11 Å². The van der Waals surface area contributed by atoms with Gasteiger partial charge in [0.1, 0.15) is 5.78 Å². The summed E-state index contributed by atoms with van der Waals surface area (Å²) in [5, 5.41) is 10.8. The number of Topliss-reactive ketones (excluding diaryl/α,β-unsaturated/α-hetero) is 1. The van der Waals surface area contributed by atoms with Crippen LogP contribution in [-0.4, -0.2) is 17.0 Å². The molecule has 0 bridgehead atoms. The fourth-order valence-corrected chi connectivity index (χ4v) is 7.13. The number of ketones is 1. The molecule has 4 fully saturated rings. The van der Waals surface area contributed by atoms with Gasteiger partial charge in [-0.15, -0.1) is 0 Å². The van der Waals surface area contributed by atoms with Crippen molar-refractivity contribution in [2.45, 2.75) is 77.7 Å². The molecule has 21 heavy (non-hydrogen) atoms. The molecule has 2 nitrogen and oxygen atoms in total. The van der Waals surface area contributed by atoms with Crippen LogP contribution < -0.4 is 0 Å². The number of hydrogen-bond donors (Lipinski definition) is 1. The molecule has 0 aromatic carbocycles. The van der Waals surface area contributed by atoms with E-state index in [1.54, 1.807) is 0 Å². The van der Waals surface area contributed by atoms with E-state index in [0.717, 1.165) is 31.6 Å². The average molecular weight is 290 g/mol. The highest BCUT2D eigenvalue weighted by Crippen LogP contribution is 2.65. The van der Waals surface area contributed by atoms with Crippen LogP contribution in [0.4, 0.5) is 0 Å². The fourth-order valence-electron chi connectivity index (χ4n) is 7.13. The molecule has 4 rings (SSSR count). The number of rotatable bonds is 0. The first-order valence-corrected chi connectivity index (χ1v) is 9.18. The lowest BCUT2D eigenvalue weighted by Crippen LogP contribution is -2.57. The Kier molecular flexibility index (Phi) is 3.10. The predicted molar refractivity (Wildman–Crippen MR) is 82.7 cm³/mol. The van der Waals surface area contributed by atoms with Gasteiger partial charge in [0.25, 0.3) is 0 Å². The number of aliphatic hydroxyl groups is 1. The summed E-state index contributed by atoms with van der Waals surface area (Å²) in [6.45, 7) is 4.70. The van der Waals surface area contributed by atoms with Crippen molar-refractivity contribution in [2.75, 3.05) is 0 Å². The topological polar surface area (TPSA) is 37.3 Å². The molecular formula is C19H30O2. The SMILES string of the molecule is C[C@]12CCCCC1C(O)C[C@@H]1[C@@H]2CC[C@]2(C)C(=O)CC[C@@H]12. The van der Waals surface area contributed by atoms with Crippen molar-refractivity contribution in [1.82, 2.24) is 0 Å². The van der Waals surface area contributed by atoms with Crippen molar-refractivity contribution in [2.24, 2.45) is 34.5 Å². The van der Waals surface area contributed by atoms with Crippen molar-refractivity contribution in [3.63, 3.8) is 0 Å². The first kappa shape index (κ1) is 14.2. The Bertz CT molecular complexity index is 458. The summed E-state index contributed by atoms with van der Waals surface area (Å²) in [4.78, 5) is 12.4. The number of carbonyl (C=O) groups is 1. The van der Waals surface area contributed by atoms with E-state index in [-0.39, 0.29) is 11.5 Å². The third-order valence-corrected chi connectivity index (χ3v) is 8.30. The quantitative estimate of drug-likeness (QED) is 0.733. The minimum atomic E-state index is -0.116. The standard InChI is InChI=1S/C19H30O2/c1-18-9-4-3-5-15(18)16(20)11-12-13-6-7-17(21)19(13,2)10-8-14(12)18/h12-16,20H,3-11H2,1-2H3/t12-,13-,14-,15?,16?,18+,19-/m0/s1. The van der Waals surface area contributed by atoms with Crippen molar-refractivity contribution < 1.29 is 9.90 Å². The molecule has 0 aliphatic heterocycles. The van der Waals surface area contributed by atoms with Gasteiger partial charge in [0.15, 0.2) is 0 Å². The van der Waals surface area contributed by atoms with E-state index >= 15 is 0 Å². The molecule has 0 radical (unpaired) electrons. The minimum absolute atomic E-state index is 0.0568. The van der Waals surface area contributed by atoms with E-state index in [0.29, 0.717) is 29.0 Å². The second-order valence-corrected chi connectivity index (χ2v) is 8.96. The van der Waals surface area contributed by atoms with Crippen LogP contribution in [0.2, 0.25) is 0 Å². The Labute approximate surface area is 128 Å². The van der Waals surface area contributed by atoms with Crippen LogP contribution in [0.1, 0.15) is 71.6 Å². The first-order valence-electron chi connectivity index (χ1n) is 9.18. The maximum atomic E-state index is 12.4. The monoisotopic (exact) mass is 290 g/mol. The maximum absolute atomic E-state index is 12.4. The van der Waals surface area contributed by atoms with Crippen LogP contribution in [0.15, 0.2) is 0 Å². The van der Waals surface area contributed by atoms with Crippen LogP contribution in [0.25, 0.3) is 0 Å². The van der Waals surface area contributed by atoms with Gasteiger partial charge in [-0.05, 0) is 67.6 Å². The zero-order valence-corrected chi connectivity index (χ0v) is 13.6. The van der Waals surface area contributed by atoms with Gasteiger partial charge in [-0.3, -0.25) is 4.79 Å². The second kappa shape index (κ2) is 4.57. The summed E-state index contributed by atoms with van der Waals surface area (Å²) in [5.41, 5.74) is 0.284. The van der Waals surface area contributed by atoms with Crippen molar-refractivity contribution >= 4 is 5.78 Å². The van der Waals surface area contributed by atoms with Crippen molar-refractivity contribution in [3.05, 3.63) is 0 Å². The Balaban J connectivity index is 1.69. The third-order valence-electron chi connectivity index (χ3n) is 8.30. The van der Waals surface area contributed by atoms with E-state index < -0.39 is 0 Å². The molecule has 4 saturated carbocycles. The molecule has 1 N–H and O–H groups in total. The normalized spacial score (nSPS) is 56.5. The number of carbonyl (C=O) groups excluding carboxylic acids is 1. The van der Waals surface area contributed by atoms with Crippen LogP contribution in [0.3, 0.4) is 0 Å². The molecule has 2 unspecified atom stereocenters. The molecule has 2 heteroatoms. The van der Waals surface area contributed by atoms with Gasteiger partial charge in [0.2, 0.25) is 0 Å². The van der Waals surface area contributed by atoms with Crippen LogP contribution in [0, 0.1) is 34.5 Å². The maximum Gasteiger partial charge on any atom is 0.139 e. The minimum Gasteiger partial charge on any atom is -0.393 e. The van der Waals surface area contributed by atoms with Gasteiger partial charge in [-0.2, -0.15) is 0 Å². The Morgan fingerprint density at radius 3 is 2.62 bits per heavy atom. The predicted octanol–water partition coefficient (Wildman–Crippen LogP) is 3.96. The molecule has 118 valence electrons. The molecule has 7 atom stereocenters. The molecular weight excluding hydrogens is 260 g/mol. The van der Waals surface area contributed by atoms with Gasteiger partial charge in [0, 0.05) is 11.8 Å². The molecule has 4 aliphatic carbocycles. The summed E-state index contributed by atoms with van der Waals surface area (Å²) in [6.07, 6.45) is 10.2. The van der Waals surface area contributed by atoms with E-state index in [1.807, 2.05) is 0 Å². The average Bonchev–Trinajstić information content (AvgIpc) is 2.75. The highest BCUT2D eigenvalue weighted by atomic mass is 16.3. The lowest BCUT2D eigenvalue weighted by atomic mass is 9.45. The zero-order valence-electron chi connectivity index (χ0n) is 13.6. The lowest BCUT2D eigenvalue weighted by Gasteiger charge is -2.60. The number of aliphatic hydroxyl groups excluding tert-OH is 1. The largest absolute Gasteiger partial charge is 0.393 e. The van der Waals surface area contributed by atoms with Crippen LogP contribution in [-0.2, 0) is 4.79 Å². The molecule has 0 spiro atoms. The smallest absolute Gasteiger partial charge is 0.139 e. The Hall–Kier alpha value is -0.370. The Morgan fingerprint density at radius 1 is 1.00 bits per heavy atom. The van der Waals surface area contributed by atoms with E-state index in [4.69, 9.17) is 0 Å². The van der Waals surface area contributed by atoms with Gasteiger partial charge in [-0.25, -0.2) is 0 Å². The summed E-state index contributed by atoms with van der Waals surface area (Å²) in [5.74, 6) is 2.95. The molecule has 0 saturated heterocycles. The molecule has 0 aromatic rings. The highest BCUT2D eigenvalue weighted by Gasteiger charge is 2.61. The zero-order chi connectivity index (χ0) is 14.8. The summed E-state index contributed by atoms with van der Waals surface area (Å²) >= 11 is 0. The number of hydrogen-bond acceptors (Lipinski definition) is 2. The van der Waals surface area contributed by atoms with Gasteiger partial charge in [0.05, 0.1) is 6.10 Å². The molecule has 0 amide bonds. The van der Waals surface area contributed by atoms with Crippen LogP contribution in [0.5, 0.6) is 0 Å². The first-order chi connectivity index (χ1) is 9.97.